The summed E-state index contributed by atoms with van der Waals surface area (Å²) >= 11 is 0. The van der Waals surface area contributed by atoms with Gasteiger partial charge in [0.25, 0.3) is 10.0 Å². The molecule has 0 atom stereocenters. The largest absolute Gasteiger partial charge is 0.465 e. The number of esters is 1. The monoisotopic (exact) mass is 289 g/mol. The number of carbonyl (C=O) groups excluding carboxylic acids is 1. The summed E-state index contributed by atoms with van der Waals surface area (Å²) < 4.78 is 30.5. The summed E-state index contributed by atoms with van der Waals surface area (Å²) in [6.45, 7) is 0. The van der Waals surface area contributed by atoms with Gasteiger partial charge in [-0.3, -0.25) is 4.72 Å². The first kappa shape index (κ1) is 13.6. The molecule has 0 spiro atoms. The normalized spacial score (nSPS) is 17.1. The van der Waals surface area contributed by atoms with E-state index in [1.54, 1.807) is 6.07 Å². The Kier molecular flexibility index (Phi) is 3.18. The average molecular weight is 289 g/mol. The van der Waals surface area contributed by atoms with Crippen molar-refractivity contribution in [2.45, 2.75) is 4.90 Å². The molecule has 0 unspecified atom stereocenters. The first-order valence-corrected chi connectivity index (χ1v) is 6.73. The highest BCUT2D eigenvalue weighted by molar-refractivity contribution is 7.90. The molecule has 7 nitrogen and oxygen atoms in total. The number of methoxy groups -OCH3 is 1. The fraction of sp³-hybridized carbons (Fsp3) is 0.0833. The highest BCUT2D eigenvalue weighted by atomic mass is 32.2. The van der Waals surface area contributed by atoms with Crippen molar-refractivity contribution in [3.05, 3.63) is 34.9 Å². The Hall–Kier alpha value is -2.84. The lowest BCUT2D eigenvalue weighted by atomic mass is 10.1. The van der Waals surface area contributed by atoms with E-state index in [1.165, 1.54) is 18.2 Å². The van der Waals surface area contributed by atoms with E-state index in [1.807, 2.05) is 6.07 Å². The van der Waals surface area contributed by atoms with Gasteiger partial charge in [-0.15, -0.1) is 0 Å². The Morgan fingerprint density at radius 2 is 2.05 bits per heavy atom. The lowest BCUT2D eigenvalue weighted by Gasteiger charge is -2.02. The summed E-state index contributed by atoms with van der Waals surface area (Å²) in [5, 5.41) is 17.8. The molecule has 0 amide bonds. The minimum atomic E-state index is -3.90. The Morgan fingerprint density at radius 3 is 2.60 bits per heavy atom. The topological polar surface area (TPSA) is 120 Å². The molecule has 0 aromatic heterocycles. The van der Waals surface area contributed by atoms with Crippen LogP contribution in [0.15, 0.2) is 28.7 Å². The summed E-state index contributed by atoms with van der Waals surface area (Å²) in [7, 11) is -2.82. The smallest absolute Gasteiger partial charge is 0.350 e. The Labute approximate surface area is 114 Å². The second kappa shape index (κ2) is 4.68. The summed E-state index contributed by atoms with van der Waals surface area (Å²) in [6.07, 6.45) is 0. The predicted octanol–water partition coefficient (Wildman–Crippen LogP) is 0.258. The number of hydrogen-bond donors (Lipinski definition) is 1. The highest BCUT2D eigenvalue weighted by Crippen LogP contribution is 2.32. The Morgan fingerprint density at radius 1 is 1.35 bits per heavy atom. The molecule has 1 N–H and O–H groups in total. The van der Waals surface area contributed by atoms with Crippen LogP contribution in [0.1, 0.15) is 11.1 Å². The van der Waals surface area contributed by atoms with Gasteiger partial charge in [-0.25, -0.2) is 13.2 Å². The quantitative estimate of drug-likeness (QED) is 0.449. The number of nitrogens with one attached hydrogen (secondary N) is 1. The van der Waals surface area contributed by atoms with E-state index in [-0.39, 0.29) is 21.7 Å². The zero-order valence-corrected chi connectivity index (χ0v) is 11.0. The number of hydrogen-bond acceptors (Lipinski definition) is 6. The van der Waals surface area contributed by atoms with Gasteiger partial charge < -0.3 is 4.74 Å². The van der Waals surface area contributed by atoms with Crippen LogP contribution >= 0.6 is 0 Å². The molecule has 0 saturated heterocycles. The maximum absolute atomic E-state index is 11.9. The van der Waals surface area contributed by atoms with Crippen molar-refractivity contribution in [3.8, 4) is 12.1 Å². The van der Waals surface area contributed by atoms with E-state index in [0.29, 0.717) is 0 Å². The van der Waals surface area contributed by atoms with Gasteiger partial charge in [0.05, 0.1) is 29.3 Å². The van der Waals surface area contributed by atoms with Crippen molar-refractivity contribution in [2.24, 2.45) is 0 Å². The molecule has 1 aliphatic rings. The average Bonchev–Trinajstić information content (AvgIpc) is 2.71. The molecule has 0 saturated carbocycles. The standard InChI is InChI=1S/C12H7N3O4S/c1-19-12(16)9(6-14)11-8-3-2-7(5-13)4-10(8)20(17,18)15-11/h2-4,15H,1H3/b11-9+. The van der Waals surface area contributed by atoms with Gasteiger partial charge in [-0.2, -0.15) is 10.5 Å². The molecule has 0 fully saturated rings. The van der Waals surface area contributed by atoms with Crippen LogP contribution in [0.25, 0.3) is 5.70 Å². The molecule has 1 aliphatic heterocycles. The molecule has 1 aromatic rings. The maximum atomic E-state index is 11.9. The van der Waals surface area contributed by atoms with Gasteiger partial charge >= 0.3 is 5.97 Å². The molecule has 20 heavy (non-hydrogen) atoms. The Bertz CT molecular complexity index is 825. The third-order valence-corrected chi connectivity index (χ3v) is 4.05. The van der Waals surface area contributed by atoms with Gasteiger partial charge in [0, 0.05) is 5.56 Å². The first-order valence-electron chi connectivity index (χ1n) is 5.24. The van der Waals surface area contributed by atoms with E-state index in [9.17, 15) is 13.2 Å². The summed E-state index contributed by atoms with van der Waals surface area (Å²) in [5.41, 5.74) is -0.267. The van der Waals surface area contributed by atoms with Gasteiger partial charge in [0.2, 0.25) is 0 Å². The van der Waals surface area contributed by atoms with Crippen LogP contribution in [0.4, 0.5) is 0 Å². The zero-order chi connectivity index (χ0) is 14.9. The fourth-order valence-electron chi connectivity index (χ4n) is 1.76. The molecule has 0 aliphatic carbocycles. The second-order valence-electron chi connectivity index (χ2n) is 3.78. The molecular weight excluding hydrogens is 282 g/mol. The van der Waals surface area contributed by atoms with Crippen molar-refractivity contribution >= 4 is 21.7 Å². The van der Waals surface area contributed by atoms with Crippen LogP contribution in [0, 0.1) is 22.7 Å². The molecule has 0 bridgehead atoms. The third kappa shape index (κ3) is 1.98. The Balaban J connectivity index is 2.78. The highest BCUT2D eigenvalue weighted by Gasteiger charge is 2.34. The van der Waals surface area contributed by atoms with Gasteiger partial charge in [0.15, 0.2) is 5.57 Å². The van der Waals surface area contributed by atoms with Crippen LogP contribution < -0.4 is 4.72 Å². The van der Waals surface area contributed by atoms with E-state index in [0.717, 1.165) is 7.11 Å². The number of nitrogens with zero attached hydrogens (tertiary/aromatic N) is 2. The summed E-state index contributed by atoms with van der Waals surface area (Å²) in [4.78, 5) is 11.3. The predicted molar refractivity (Wildman–Crippen MR) is 66.0 cm³/mol. The van der Waals surface area contributed by atoms with Gasteiger partial charge in [-0.1, -0.05) is 6.07 Å². The van der Waals surface area contributed by atoms with Gasteiger partial charge in [0.1, 0.15) is 6.07 Å². The molecule has 1 aromatic carbocycles. The summed E-state index contributed by atoms with van der Waals surface area (Å²) in [6, 6.07) is 7.37. The number of fused-ring (bicyclic) bond motifs is 1. The van der Waals surface area contributed by atoms with Crippen LogP contribution in [0.2, 0.25) is 0 Å². The number of ether oxygens (including phenoxy) is 1. The van der Waals surface area contributed by atoms with Crippen molar-refractivity contribution in [2.75, 3.05) is 7.11 Å². The van der Waals surface area contributed by atoms with Crippen molar-refractivity contribution in [3.63, 3.8) is 0 Å². The minimum Gasteiger partial charge on any atom is -0.465 e. The molecule has 8 heteroatoms. The lowest BCUT2D eigenvalue weighted by molar-refractivity contribution is -0.135. The lowest BCUT2D eigenvalue weighted by Crippen LogP contribution is -2.17. The van der Waals surface area contributed by atoms with E-state index in [4.69, 9.17) is 10.5 Å². The number of nitriles is 2. The first-order chi connectivity index (χ1) is 9.44. The number of benzene rings is 1. The molecule has 2 rings (SSSR count). The van der Waals surface area contributed by atoms with E-state index in [2.05, 4.69) is 9.46 Å². The van der Waals surface area contributed by atoms with Crippen molar-refractivity contribution in [1.82, 2.24) is 4.72 Å². The number of sulfonamides is 1. The second-order valence-corrected chi connectivity index (χ2v) is 5.43. The molecular formula is C12H7N3O4S. The number of rotatable bonds is 1. The SMILES string of the molecule is COC(=O)/C(C#N)=C1/NS(=O)(=O)c2cc(C#N)ccc21. The molecule has 100 valence electrons. The van der Waals surface area contributed by atoms with Crippen LogP contribution in [-0.4, -0.2) is 21.5 Å². The van der Waals surface area contributed by atoms with Crippen LogP contribution in [0.3, 0.4) is 0 Å². The van der Waals surface area contributed by atoms with Crippen molar-refractivity contribution < 1.29 is 17.9 Å². The fourth-order valence-corrected chi connectivity index (χ4v) is 3.09. The van der Waals surface area contributed by atoms with Crippen LogP contribution in [-0.2, 0) is 19.6 Å². The van der Waals surface area contributed by atoms with E-state index >= 15 is 0 Å². The van der Waals surface area contributed by atoms with Crippen LogP contribution in [0.5, 0.6) is 0 Å². The maximum Gasteiger partial charge on any atom is 0.350 e. The molecule has 0 radical (unpaired) electrons. The molecule has 1 heterocycles. The number of carbonyl (C=O) groups is 1. The summed E-state index contributed by atoms with van der Waals surface area (Å²) in [5.74, 6) is -0.942. The zero-order valence-electron chi connectivity index (χ0n) is 10.2. The minimum absolute atomic E-state index is 0.140. The third-order valence-electron chi connectivity index (χ3n) is 2.66. The van der Waals surface area contributed by atoms with E-state index < -0.39 is 21.6 Å². The van der Waals surface area contributed by atoms with Crippen molar-refractivity contribution in [1.29, 1.82) is 10.5 Å². The van der Waals surface area contributed by atoms with Gasteiger partial charge in [-0.05, 0) is 12.1 Å².